The molecule has 0 aromatic rings. The number of ether oxygens (including phenoxy) is 1. The number of fused-ring (bicyclic) bond motifs is 10. The molecule has 7 nitrogen and oxygen atoms in total. The van der Waals surface area contributed by atoms with E-state index in [-0.39, 0.29) is 63.6 Å². The summed E-state index contributed by atoms with van der Waals surface area (Å²) in [6.07, 6.45) is 18.6. The van der Waals surface area contributed by atoms with Crippen LogP contribution in [-0.2, 0) is 28.7 Å². The summed E-state index contributed by atoms with van der Waals surface area (Å²) in [4.78, 5) is 62.0. The molecule has 0 spiro atoms. The van der Waals surface area contributed by atoms with Crippen LogP contribution in [0.25, 0.3) is 0 Å². The van der Waals surface area contributed by atoms with Crippen molar-refractivity contribution in [3.05, 3.63) is 46.6 Å². The van der Waals surface area contributed by atoms with Gasteiger partial charge in [0.05, 0.1) is 6.61 Å². The molecule has 54 heavy (non-hydrogen) atoms. The number of Topliss-reactive ketones (excluding diaryl/α,β-unsaturated/α-hetero) is 2. The number of aliphatic hydroxyl groups is 1. The molecule has 0 aromatic carbocycles. The molecule has 6 fully saturated rings. The van der Waals surface area contributed by atoms with E-state index < -0.39 is 0 Å². The average molecular weight is 741 g/mol. The number of aliphatic hydroxyl groups excluding tert-OH is 1. The molecule has 8 aliphatic carbocycles. The molecule has 0 aromatic heterocycles. The number of rotatable bonds is 6. The normalized spacial score (nSPS) is 43.4. The molecule has 0 saturated heterocycles. The van der Waals surface area contributed by atoms with Crippen molar-refractivity contribution in [3.63, 3.8) is 0 Å². The van der Waals surface area contributed by atoms with E-state index in [1.807, 2.05) is 24.3 Å². The molecule has 12 atom stereocenters. The first-order chi connectivity index (χ1) is 25.5. The SMILES string of the molecule is CC1=CC(=O)C=C2CC[C@H]3[C@@H]4[C@@H](CO)CC(=O)[C@@]4(C)CC[C@@H]3[C@@]12C.CCCCC(=O)OC[C@H]1CC(=O)[C@@]2(C)CC[C@H]3[C@@H](CCC4=CC(=O)C=C(C)[C@@]43C)[C@H]12. The number of hydrogen-bond acceptors (Lipinski definition) is 7. The molecule has 0 heterocycles. The maximum Gasteiger partial charge on any atom is 0.305 e. The standard InChI is InChI=1S/C26H36O4.C21H28O3/c1-5-6-7-23(29)30-15-17-13-22(28)25(3)11-10-21-20(24(17)25)9-8-18-14-19(27)12-16(2)26(18,21)4;1-12-8-15(23)10-14-4-5-16-17(21(12,14)3)6-7-20(2)18(24)9-13(11-22)19(16)20/h12,14,17,20-21,24H,5-11,13,15H2,1-4H3;8,10,13,16-17,19,22H,4-7,9,11H2,1-3H3/t17-,20-,21+,24+,25-,26+;13-,16-,17+,19+,20-,21+/m11/s1. The van der Waals surface area contributed by atoms with E-state index in [2.05, 4.69) is 48.5 Å². The zero-order valence-corrected chi connectivity index (χ0v) is 33.9. The van der Waals surface area contributed by atoms with Crippen LogP contribution in [0.3, 0.4) is 0 Å². The lowest BCUT2D eigenvalue weighted by molar-refractivity contribution is -0.147. The summed E-state index contributed by atoms with van der Waals surface area (Å²) in [5, 5.41) is 9.89. The lowest BCUT2D eigenvalue weighted by atomic mass is 9.46. The van der Waals surface area contributed by atoms with Crippen molar-refractivity contribution in [2.24, 2.45) is 69.0 Å². The van der Waals surface area contributed by atoms with E-state index in [0.29, 0.717) is 67.0 Å². The zero-order chi connectivity index (χ0) is 39.0. The molecule has 0 bridgehead atoms. The van der Waals surface area contributed by atoms with Crippen molar-refractivity contribution < 1.29 is 33.8 Å². The van der Waals surface area contributed by atoms with Gasteiger partial charge in [0.2, 0.25) is 0 Å². The van der Waals surface area contributed by atoms with Gasteiger partial charge in [-0.2, -0.15) is 0 Å². The van der Waals surface area contributed by atoms with Gasteiger partial charge in [0.25, 0.3) is 0 Å². The van der Waals surface area contributed by atoms with Gasteiger partial charge in [-0.1, -0.05) is 63.3 Å². The molecule has 0 radical (unpaired) electrons. The van der Waals surface area contributed by atoms with Crippen LogP contribution < -0.4 is 0 Å². The van der Waals surface area contributed by atoms with Crippen LogP contribution in [0.15, 0.2) is 46.6 Å². The Bertz CT molecular complexity index is 1740. The van der Waals surface area contributed by atoms with Crippen molar-refractivity contribution >= 4 is 29.1 Å². The van der Waals surface area contributed by atoms with Crippen LogP contribution in [0.4, 0.5) is 0 Å². The third-order valence-electron chi connectivity index (χ3n) is 17.3. The van der Waals surface area contributed by atoms with Crippen molar-refractivity contribution in [2.75, 3.05) is 13.2 Å². The van der Waals surface area contributed by atoms with Crippen molar-refractivity contribution in [1.29, 1.82) is 0 Å². The highest BCUT2D eigenvalue weighted by Gasteiger charge is 2.64. The Morgan fingerprint density at radius 1 is 0.722 bits per heavy atom. The van der Waals surface area contributed by atoms with Crippen LogP contribution >= 0.6 is 0 Å². The molecule has 0 aliphatic heterocycles. The molecule has 8 rings (SSSR count). The summed E-state index contributed by atoms with van der Waals surface area (Å²) in [5.74, 6) is 3.52. The van der Waals surface area contributed by atoms with E-state index in [0.717, 1.165) is 64.2 Å². The number of esters is 1. The predicted molar refractivity (Wildman–Crippen MR) is 208 cm³/mol. The maximum absolute atomic E-state index is 13.1. The second kappa shape index (κ2) is 14.2. The molecule has 294 valence electrons. The minimum absolute atomic E-state index is 0.0379. The first kappa shape index (κ1) is 39.3. The smallest absolute Gasteiger partial charge is 0.305 e. The Labute approximate surface area is 322 Å². The summed E-state index contributed by atoms with van der Waals surface area (Å²) in [6.45, 7) is 15.7. The van der Waals surface area contributed by atoms with Gasteiger partial charge in [-0.25, -0.2) is 0 Å². The minimum Gasteiger partial charge on any atom is -0.465 e. The number of unbranched alkanes of at least 4 members (excludes halogenated alkanes) is 1. The summed E-state index contributed by atoms with van der Waals surface area (Å²) < 4.78 is 5.66. The molecule has 0 unspecified atom stereocenters. The van der Waals surface area contributed by atoms with Crippen molar-refractivity contribution in [3.8, 4) is 0 Å². The summed E-state index contributed by atoms with van der Waals surface area (Å²) in [6, 6.07) is 0. The van der Waals surface area contributed by atoms with Crippen LogP contribution in [-0.4, -0.2) is 47.4 Å². The van der Waals surface area contributed by atoms with Crippen LogP contribution in [0.1, 0.15) is 132 Å². The fourth-order valence-corrected chi connectivity index (χ4v) is 14.2. The molecule has 7 heteroatoms. The van der Waals surface area contributed by atoms with E-state index in [4.69, 9.17) is 4.74 Å². The van der Waals surface area contributed by atoms with E-state index in [1.165, 1.54) is 22.3 Å². The summed E-state index contributed by atoms with van der Waals surface area (Å²) in [7, 11) is 0. The molecule has 1 N–H and O–H groups in total. The van der Waals surface area contributed by atoms with Crippen LogP contribution in [0.5, 0.6) is 0 Å². The van der Waals surface area contributed by atoms with Crippen molar-refractivity contribution in [2.45, 2.75) is 132 Å². The van der Waals surface area contributed by atoms with E-state index in [9.17, 15) is 29.1 Å². The minimum atomic E-state index is -0.290. The van der Waals surface area contributed by atoms with Gasteiger partial charge in [-0.3, -0.25) is 24.0 Å². The fraction of sp³-hybridized carbons (Fsp3) is 0.723. The monoisotopic (exact) mass is 740 g/mol. The molecule has 0 amide bonds. The van der Waals surface area contributed by atoms with Gasteiger partial charge in [0, 0.05) is 53.4 Å². The number of allylic oxidation sites excluding steroid dienone is 8. The largest absolute Gasteiger partial charge is 0.465 e. The third kappa shape index (κ3) is 5.95. The van der Waals surface area contributed by atoms with E-state index >= 15 is 0 Å². The third-order valence-corrected chi connectivity index (χ3v) is 17.3. The lowest BCUT2D eigenvalue weighted by Crippen LogP contribution is -2.52. The Morgan fingerprint density at radius 3 is 1.65 bits per heavy atom. The molecular formula is C47H64O7. The van der Waals surface area contributed by atoms with Crippen molar-refractivity contribution in [1.82, 2.24) is 0 Å². The summed E-state index contributed by atoms with van der Waals surface area (Å²) >= 11 is 0. The number of carbonyl (C=O) groups excluding carboxylic acids is 5. The Hall–Kier alpha value is -2.93. The van der Waals surface area contributed by atoms with Gasteiger partial charge in [0.15, 0.2) is 11.6 Å². The number of ketones is 4. The number of carbonyl (C=O) groups is 5. The lowest BCUT2D eigenvalue weighted by Gasteiger charge is -2.57. The average Bonchev–Trinajstić information content (AvgIpc) is 3.55. The van der Waals surface area contributed by atoms with E-state index in [1.54, 1.807) is 0 Å². The number of hydrogen-bond donors (Lipinski definition) is 1. The van der Waals surface area contributed by atoms with Gasteiger partial charge in [-0.05, 0) is 137 Å². The predicted octanol–water partition coefficient (Wildman–Crippen LogP) is 8.68. The topological polar surface area (TPSA) is 115 Å². The Morgan fingerprint density at radius 2 is 1.19 bits per heavy atom. The molecule has 8 aliphatic rings. The Kier molecular flexibility index (Phi) is 10.4. The zero-order valence-electron chi connectivity index (χ0n) is 33.9. The highest BCUT2D eigenvalue weighted by atomic mass is 16.5. The van der Waals surface area contributed by atoms with Gasteiger partial charge in [-0.15, -0.1) is 0 Å². The van der Waals surface area contributed by atoms with Gasteiger partial charge < -0.3 is 9.84 Å². The highest BCUT2D eigenvalue weighted by molar-refractivity contribution is 6.02. The first-order valence-electron chi connectivity index (χ1n) is 21.2. The quantitative estimate of drug-likeness (QED) is 0.271. The first-order valence-corrected chi connectivity index (χ1v) is 21.2. The summed E-state index contributed by atoms with van der Waals surface area (Å²) in [5.41, 5.74) is 4.29. The second-order valence-corrected chi connectivity index (χ2v) is 19.5. The maximum atomic E-state index is 13.1. The molecule has 6 saturated carbocycles. The molecular weight excluding hydrogens is 677 g/mol. The highest BCUT2D eigenvalue weighted by Crippen LogP contribution is 2.67. The van der Waals surface area contributed by atoms with Crippen LogP contribution in [0, 0.1) is 69.0 Å². The fourth-order valence-electron chi connectivity index (χ4n) is 14.2. The Balaban J connectivity index is 0.000000171. The van der Waals surface area contributed by atoms with Crippen LogP contribution in [0.2, 0.25) is 0 Å². The second-order valence-electron chi connectivity index (χ2n) is 19.5. The van der Waals surface area contributed by atoms with Gasteiger partial charge in [0.1, 0.15) is 11.6 Å². The van der Waals surface area contributed by atoms with Gasteiger partial charge >= 0.3 is 5.97 Å².